The van der Waals surface area contributed by atoms with Gasteiger partial charge in [-0.25, -0.2) is 4.79 Å². The molecule has 1 N–H and O–H groups in total. The first-order valence-electron chi connectivity index (χ1n) is 19.9. The van der Waals surface area contributed by atoms with E-state index in [-0.39, 0.29) is 18.4 Å². The maximum absolute atomic E-state index is 14.3. The zero-order chi connectivity index (χ0) is 39.0. The lowest BCUT2D eigenvalue weighted by atomic mass is 9.91. The largest absolute Gasteiger partial charge is 0.493 e. The van der Waals surface area contributed by atoms with Gasteiger partial charge in [-0.3, -0.25) is 9.59 Å². The SMILES string of the molecule is CCCCCCCNC(=O)COc1cccc(C(CCc2ccc(C)c(C)c2)OC(=O)[C@@H]2CCCCN2C(=O)[C@@H](CC)c2cc(C)c(OC)c(OC)c2)c1. The van der Waals surface area contributed by atoms with E-state index in [1.54, 1.807) is 19.1 Å². The van der Waals surface area contributed by atoms with Crippen molar-refractivity contribution in [2.45, 2.75) is 123 Å². The van der Waals surface area contributed by atoms with Crippen molar-refractivity contribution in [2.75, 3.05) is 33.9 Å². The third kappa shape index (κ3) is 11.7. The predicted molar refractivity (Wildman–Crippen MR) is 213 cm³/mol. The maximum Gasteiger partial charge on any atom is 0.329 e. The standard InChI is InChI=1S/C45H62N2O7/c1-8-10-11-12-14-24-46-42(48)30-53-37-18-16-17-35(28-37)40(23-22-34-21-20-31(3)32(4)26-34)54-45(50)39-19-13-15-25-47(39)44(49)38(9-2)36-27-33(5)43(52-7)41(29-36)51-6/h16-18,20-21,26-29,38-40H,8-15,19,22-25,30H2,1-7H3,(H,46,48)/t38-,39-,40?/m0/s1. The average Bonchev–Trinajstić information content (AvgIpc) is 3.18. The highest BCUT2D eigenvalue weighted by Crippen LogP contribution is 2.37. The van der Waals surface area contributed by atoms with Gasteiger partial charge in [0.2, 0.25) is 5.91 Å². The summed E-state index contributed by atoms with van der Waals surface area (Å²) in [6.45, 7) is 11.3. The number of piperidine rings is 1. The van der Waals surface area contributed by atoms with Gasteiger partial charge >= 0.3 is 5.97 Å². The van der Waals surface area contributed by atoms with E-state index in [0.29, 0.717) is 56.0 Å². The van der Waals surface area contributed by atoms with Crippen LogP contribution < -0.4 is 19.5 Å². The number of unbranched alkanes of at least 4 members (excludes halogenated alkanes) is 4. The highest BCUT2D eigenvalue weighted by Gasteiger charge is 2.38. The van der Waals surface area contributed by atoms with Crippen LogP contribution in [-0.2, 0) is 25.5 Å². The maximum atomic E-state index is 14.3. The number of aryl methyl sites for hydroxylation is 4. The monoisotopic (exact) mass is 742 g/mol. The van der Waals surface area contributed by atoms with Gasteiger partial charge in [-0.2, -0.15) is 0 Å². The van der Waals surface area contributed by atoms with E-state index >= 15 is 0 Å². The first-order valence-corrected chi connectivity index (χ1v) is 19.9. The molecular weight excluding hydrogens is 681 g/mol. The van der Waals surface area contributed by atoms with E-state index in [4.69, 9.17) is 18.9 Å². The second-order valence-corrected chi connectivity index (χ2v) is 14.6. The van der Waals surface area contributed by atoms with Crippen LogP contribution in [0.1, 0.15) is 123 Å². The van der Waals surface area contributed by atoms with E-state index in [1.165, 1.54) is 30.4 Å². The molecule has 3 aromatic rings. The summed E-state index contributed by atoms with van der Waals surface area (Å²) < 4.78 is 23.5. The number of hydrogen-bond acceptors (Lipinski definition) is 7. The van der Waals surface area contributed by atoms with Crippen molar-refractivity contribution in [3.05, 3.63) is 88.0 Å². The lowest BCUT2D eigenvalue weighted by Gasteiger charge is -2.37. The van der Waals surface area contributed by atoms with Crippen molar-refractivity contribution in [3.63, 3.8) is 0 Å². The van der Waals surface area contributed by atoms with Crippen molar-refractivity contribution in [1.82, 2.24) is 10.2 Å². The van der Waals surface area contributed by atoms with Crippen LogP contribution in [-0.4, -0.2) is 62.6 Å². The van der Waals surface area contributed by atoms with Crippen molar-refractivity contribution in [3.8, 4) is 17.2 Å². The molecule has 1 unspecified atom stereocenters. The van der Waals surface area contributed by atoms with Crippen LogP contribution in [0.4, 0.5) is 0 Å². The summed E-state index contributed by atoms with van der Waals surface area (Å²) in [7, 11) is 3.19. The summed E-state index contributed by atoms with van der Waals surface area (Å²) in [6.07, 6.45) is 9.01. The minimum Gasteiger partial charge on any atom is -0.493 e. The molecule has 0 bridgehead atoms. The number of nitrogens with one attached hydrogen (secondary N) is 1. The quantitative estimate of drug-likeness (QED) is 0.0911. The van der Waals surface area contributed by atoms with Crippen LogP contribution in [0.3, 0.4) is 0 Å². The summed E-state index contributed by atoms with van der Waals surface area (Å²) >= 11 is 0. The first kappa shape index (κ1) is 42.2. The number of carbonyl (C=O) groups is 3. The Morgan fingerprint density at radius 1 is 0.852 bits per heavy atom. The number of ether oxygens (including phenoxy) is 4. The number of amides is 2. The van der Waals surface area contributed by atoms with Gasteiger partial charge in [0.25, 0.3) is 5.91 Å². The minimum atomic E-state index is -0.698. The fraction of sp³-hybridized carbons (Fsp3) is 0.533. The molecule has 0 aliphatic carbocycles. The topological polar surface area (TPSA) is 103 Å². The van der Waals surface area contributed by atoms with E-state index in [0.717, 1.165) is 47.9 Å². The van der Waals surface area contributed by atoms with Crippen molar-refractivity contribution in [1.29, 1.82) is 0 Å². The van der Waals surface area contributed by atoms with E-state index < -0.39 is 24.0 Å². The van der Waals surface area contributed by atoms with Crippen LogP contribution in [0.15, 0.2) is 54.6 Å². The third-order valence-electron chi connectivity index (χ3n) is 10.6. The number of esters is 1. The molecule has 1 aliphatic rings. The number of rotatable bonds is 20. The number of benzene rings is 3. The van der Waals surface area contributed by atoms with Crippen LogP contribution >= 0.6 is 0 Å². The average molecular weight is 743 g/mol. The summed E-state index contributed by atoms with van der Waals surface area (Å²) in [5.74, 6) is 0.630. The molecular formula is C45H62N2O7. The molecule has 4 rings (SSSR count). The molecule has 3 aromatic carbocycles. The van der Waals surface area contributed by atoms with Crippen molar-refractivity contribution < 1.29 is 33.3 Å². The van der Waals surface area contributed by atoms with Crippen LogP contribution in [0.25, 0.3) is 0 Å². The van der Waals surface area contributed by atoms with Gasteiger partial charge in [0.05, 0.1) is 20.1 Å². The summed E-state index contributed by atoms with van der Waals surface area (Å²) in [5.41, 5.74) is 6.08. The van der Waals surface area contributed by atoms with Crippen LogP contribution in [0, 0.1) is 20.8 Å². The molecule has 9 nitrogen and oxygen atoms in total. The molecule has 9 heteroatoms. The molecule has 2 amide bonds. The Hall–Kier alpha value is -4.53. The second kappa shape index (κ2) is 21.4. The Kier molecular flexibility index (Phi) is 16.7. The van der Waals surface area contributed by atoms with Crippen molar-refractivity contribution >= 4 is 17.8 Å². The summed E-state index contributed by atoms with van der Waals surface area (Å²) in [5, 5.41) is 2.95. The number of carbonyl (C=O) groups excluding carboxylic acids is 3. The summed E-state index contributed by atoms with van der Waals surface area (Å²) in [6, 6.07) is 17.0. The summed E-state index contributed by atoms with van der Waals surface area (Å²) in [4.78, 5) is 42.8. The van der Waals surface area contributed by atoms with E-state index in [9.17, 15) is 14.4 Å². The third-order valence-corrected chi connectivity index (χ3v) is 10.6. The van der Waals surface area contributed by atoms with E-state index in [2.05, 4.69) is 44.3 Å². The lowest BCUT2D eigenvalue weighted by molar-refractivity contribution is -0.162. The molecule has 0 spiro atoms. The molecule has 1 saturated heterocycles. The molecule has 1 fully saturated rings. The molecule has 1 aliphatic heterocycles. The van der Waals surface area contributed by atoms with Crippen LogP contribution in [0.2, 0.25) is 0 Å². The number of nitrogens with zero attached hydrogens (tertiary/aromatic N) is 1. The van der Waals surface area contributed by atoms with Gasteiger partial charge < -0.3 is 29.2 Å². The molecule has 54 heavy (non-hydrogen) atoms. The van der Waals surface area contributed by atoms with Gasteiger partial charge in [0.1, 0.15) is 17.9 Å². The van der Waals surface area contributed by atoms with Gasteiger partial charge in [-0.1, -0.05) is 75.9 Å². The fourth-order valence-electron chi connectivity index (χ4n) is 7.31. The highest BCUT2D eigenvalue weighted by molar-refractivity contribution is 5.89. The molecule has 0 aromatic heterocycles. The van der Waals surface area contributed by atoms with E-state index in [1.807, 2.05) is 50.2 Å². The van der Waals surface area contributed by atoms with Gasteiger partial charge in [0, 0.05) is 13.1 Å². The van der Waals surface area contributed by atoms with Gasteiger partial charge in [0.15, 0.2) is 18.1 Å². The molecule has 1 heterocycles. The second-order valence-electron chi connectivity index (χ2n) is 14.6. The molecule has 0 radical (unpaired) electrons. The Labute approximate surface area is 323 Å². The molecule has 3 atom stereocenters. The van der Waals surface area contributed by atoms with Gasteiger partial charge in [-0.15, -0.1) is 0 Å². The Balaban J connectivity index is 1.52. The highest BCUT2D eigenvalue weighted by atomic mass is 16.5. The number of hydrogen-bond donors (Lipinski definition) is 1. The van der Waals surface area contributed by atoms with Crippen LogP contribution in [0.5, 0.6) is 17.2 Å². The lowest BCUT2D eigenvalue weighted by Crippen LogP contribution is -2.50. The van der Waals surface area contributed by atoms with Gasteiger partial charge in [-0.05, 0) is 117 Å². The number of likely N-dealkylation sites (tertiary alicyclic amines) is 1. The zero-order valence-corrected chi connectivity index (χ0v) is 33.6. The molecule has 0 saturated carbocycles. The number of methoxy groups -OCH3 is 2. The Morgan fingerprint density at radius 3 is 2.37 bits per heavy atom. The smallest absolute Gasteiger partial charge is 0.329 e. The zero-order valence-electron chi connectivity index (χ0n) is 33.6. The Morgan fingerprint density at radius 2 is 1.65 bits per heavy atom. The van der Waals surface area contributed by atoms with Crippen molar-refractivity contribution in [2.24, 2.45) is 0 Å². The molecule has 294 valence electrons. The fourth-order valence-corrected chi connectivity index (χ4v) is 7.31. The first-order chi connectivity index (χ1) is 26.1. The predicted octanol–water partition coefficient (Wildman–Crippen LogP) is 8.89. The minimum absolute atomic E-state index is 0.0907. The Bertz CT molecular complexity index is 1690. The normalized spacial score (nSPS) is 15.2.